The van der Waals surface area contributed by atoms with E-state index in [0.29, 0.717) is 17.2 Å². The molecule has 0 unspecified atom stereocenters. The van der Waals surface area contributed by atoms with E-state index in [-0.39, 0.29) is 29.1 Å². The zero-order valence-electron chi connectivity index (χ0n) is 23.4. The first-order chi connectivity index (χ1) is 19.0. The van der Waals surface area contributed by atoms with Crippen LogP contribution in [0.4, 0.5) is 5.69 Å². The molecule has 40 heavy (non-hydrogen) atoms. The van der Waals surface area contributed by atoms with E-state index >= 15 is 0 Å². The van der Waals surface area contributed by atoms with Crippen LogP contribution in [0.5, 0.6) is 5.75 Å². The van der Waals surface area contributed by atoms with Gasteiger partial charge < -0.3 is 15.0 Å². The molecule has 8 nitrogen and oxygen atoms in total. The number of rotatable bonds is 12. The molecular formula is C30H36ClN3O5S. The van der Waals surface area contributed by atoms with Gasteiger partial charge in [0.25, 0.3) is 10.0 Å². The van der Waals surface area contributed by atoms with Crippen LogP contribution in [-0.4, -0.2) is 50.9 Å². The first-order valence-electron chi connectivity index (χ1n) is 13.0. The molecule has 0 radical (unpaired) electrons. The van der Waals surface area contributed by atoms with E-state index in [1.165, 1.54) is 17.0 Å². The summed E-state index contributed by atoms with van der Waals surface area (Å²) < 4.78 is 34.1. The third kappa shape index (κ3) is 7.76. The summed E-state index contributed by atoms with van der Waals surface area (Å²) in [7, 11) is -2.60. The van der Waals surface area contributed by atoms with Crippen LogP contribution in [0.25, 0.3) is 0 Å². The third-order valence-electron chi connectivity index (χ3n) is 6.31. The Balaban J connectivity index is 2.06. The van der Waals surface area contributed by atoms with Gasteiger partial charge in [-0.15, -0.1) is 0 Å². The van der Waals surface area contributed by atoms with Crippen LogP contribution in [-0.2, 0) is 26.2 Å². The van der Waals surface area contributed by atoms with Gasteiger partial charge in [0.2, 0.25) is 11.8 Å². The third-order valence-corrected chi connectivity index (χ3v) is 8.35. The van der Waals surface area contributed by atoms with Gasteiger partial charge in [0.1, 0.15) is 18.3 Å². The van der Waals surface area contributed by atoms with Crippen LogP contribution in [0.15, 0.2) is 77.7 Å². The van der Waals surface area contributed by atoms with E-state index < -0.39 is 28.5 Å². The van der Waals surface area contributed by atoms with Crippen molar-refractivity contribution in [3.63, 3.8) is 0 Å². The summed E-state index contributed by atoms with van der Waals surface area (Å²) in [6.45, 7) is 6.92. The molecule has 3 aromatic carbocycles. The molecule has 3 aromatic rings. The van der Waals surface area contributed by atoms with Crippen molar-refractivity contribution in [2.75, 3.05) is 18.0 Å². The Morgan fingerprint density at radius 3 is 2.23 bits per heavy atom. The Morgan fingerprint density at radius 2 is 1.65 bits per heavy atom. The quantitative estimate of drug-likeness (QED) is 0.316. The van der Waals surface area contributed by atoms with Crippen molar-refractivity contribution < 1.29 is 22.7 Å². The number of hydrogen-bond acceptors (Lipinski definition) is 5. The van der Waals surface area contributed by atoms with Gasteiger partial charge in [0, 0.05) is 17.6 Å². The van der Waals surface area contributed by atoms with Crippen LogP contribution in [0.2, 0.25) is 5.02 Å². The van der Waals surface area contributed by atoms with Crippen LogP contribution < -0.4 is 14.4 Å². The average molecular weight is 586 g/mol. The lowest BCUT2D eigenvalue weighted by atomic mass is 10.1. The molecule has 2 amide bonds. The molecular weight excluding hydrogens is 550 g/mol. The first kappa shape index (κ1) is 31.0. The number of anilines is 1. The van der Waals surface area contributed by atoms with Gasteiger partial charge >= 0.3 is 0 Å². The molecule has 10 heteroatoms. The summed E-state index contributed by atoms with van der Waals surface area (Å²) >= 11 is 6.08. The predicted octanol–water partition coefficient (Wildman–Crippen LogP) is 5.18. The van der Waals surface area contributed by atoms with Gasteiger partial charge in [0.05, 0.1) is 17.7 Å². The van der Waals surface area contributed by atoms with E-state index in [1.807, 2.05) is 33.8 Å². The van der Waals surface area contributed by atoms with Crippen molar-refractivity contribution in [3.8, 4) is 5.75 Å². The monoisotopic (exact) mass is 585 g/mol. The number of benzene rings is 3. The summed E-state index contributed by atoms with van der Waals surface area (Å²) in [6, 6.07) is 18.9. The SMILES string of the molecule is CC[C@H](C(=O)NC(C)C)N(Cc1cccc(OC)c1)C(=O)CN(c1ccc(Cl)cc1)S(=O)(=O)c1ccc(C)cc1. The fraction of sp³-hybridized carbons (Fsp3) is 0.333. The smallest absolute Gasteiger partial charge is 0.264 e. The van der Waals surface area contributed by atoms with Crippen molar-refractivity contribution in [1.82, 2.24) is 10.2 Å². The van der Waals surface area contributed by atoms with E-state index in [9.17, 15) is 18.0 Å². The second-order valence-electron chi connectivity index (χ2n) is 9.76. The van der Waals surface area contributed by atoms with Crippen molar-refractivity contribution in [2.45, 2.75) is 57.6 Å². The molecule has 0 aliphatic carbocycles. The lowest BCUT2D eigenvalue weighted by Gasteiger charge is -2.33. The maximum atomic E-state index is 14.1. The number of hydrogen-bond donors (Lipinski definition) is 1. The molecule has 214 valence electrons. The number of halogens is 1. The maximum Gasteiger partial charge on any atom is 0.264 e. The van der Waals surface area contributed by atoms with E-state index in [0.717, 1.165) is 15.4 Å². The average Bonchev–Trinajstić information content (AvgIpc) is 2.92. The molecule has 3 rings (SSSR count). The minimum absolute atomic E-state index is 0.0461. The number of nitrogens with zero attached hydrogens (tertiary/aromatic N) is 2. The Labute approximate surface area is 241 Å². The topological polar surface area (TPSA) is 96.0 Å². The predicted molar refractivity (Wildman–Crippen MR) is 158 cm³/mol. The van der Waals surface area contributed by atoms with Crippen molar-refractivity contribution in [3.05, 3.63) is 88.9 Å². The van der Waals surface area contributed by atoms with Gasteiger partial charge in [0.15, 0.2) is 0 Å². The largest absolute Gasteiger partial charge is 0.497 e. The lowest BCUT2D eigenvalue weighted by Crippen LogP contribution is -2.53. The number of amides is 2. The zero-order valence-corrected chi connectivity index (χ0v) is 25.0. The van der Waals surface area contributed by atoms with Gasteiger partial charge in [-0.3, -0.25) is 13.9 Å². The van der Waals surface area contributed by atoms with Gasteiger partial charge in [-0.2, -0.15) is 0 Å². The Bertz CT molecular complexity index is 1410. The second-order valence-corrected chi connectivity index (χ2v) is 12.1. The highest BCUT2D eigenvalue weighted by Gasteiger charge is 2.33. The number of carbonyl (C=O) groups is 2. The summed E-state index contributed by atoms with van der Waals surface area (Å²) in [5.41, 5.74) is 1.92. The van der Waals surface area contributed by atoms with Gasteiger partial charge in [-0.25, -0.2) is 8.42 Å². The minimum Gasteiger partial charge on any atom is -0.497 e. The van der Waals surface area contributed by atoms with Crippen LogP contribution in [0.1, 0.15) is 38.3 Å². The summed E-state index contributed by atoms with van der Waals surface area (Å²) in [6.07, 6.45) is 0.333. The molecule has 1 N–H and O–H groups in total. The summed E-state index contributed by atoms with van der Waals surface area (Å²) in [4.78, 5) is 28.7. The molecule has 0 saturated carbocycles. The number of carbonyl (C=O) groups excluding carboxylic acids is 2. The number of ether oxygens (including phenoxy) is 1. The number of methoxy groups -OCH3 is 1. The molecule has 0 aliphatic heterocycles. The van der Waals surface area contributed by atoms with Crippen molar-refractivity contribution in [1.29, 1.82) is 0 Å². The minimum atomic E-state index is -4.15. The van der Waals surface area contributed by atoms with E-state index in [2.05, 4.69) is 5.32 Å². The molecule has 0 fully saturated rings. The Kier molecular flexibility index (Phi) is 10.6. The standard InChI is InChI=1S/C30H36ClN3O5S/c1-6-28(30(36)32-21(2)3)33(19-23-8-7-9-26(18-23)39-5)29(35)20-34(25-14-12-24(31)13-15-25)40(37,38)27-16-10-22(4)11-17-27/h7-18,21,28H,6,19-20H2,1-5H3,(H,32,36)/t28-/m1/s1. The second kappa shape index (κ2) is 13.7. The van der Waals surface area contributed by atoms with Crippen LogP contribution >= 0.6 is 11.6 Å². The summed E-state index contributed by atoms with van der Waals surface area (Å²) in [5.74, 6) is -0.235. The molecule has 0 spiro atoms. The zero-order chi connectivity index (χ0) is 29.4. The highest BCUT2D eigenvalue weighted by molar-refractivity contribution is 7.92. The van der Waals surface area contributed by atoms with E-state index in [1.54, 1.807) is 61.7 Å². The molecule has 1 atom stereocenters. The molecule has 0 aliphatic rings. The molecule has 0 saturated heterocycles. The molecule has 0 aromatic heterocycles. The van der Waals surface area contributed by atoms with Crippen molar-refractivity contribution in [2.24, 2.45) is 0 Å². The highest BCUT2D eigenvalue weighted by atomic mass is 35.5. The molecule has 0 heterocycles. The fourth-order valence-electron chi connectivity index (χ4n) is 4.24. The van der Waals surface area contributed by atoms with Crippen LogP contribution in [0, 0.1) is 6.92 Å². The lowest BCUT2D eigenvalue weighted by molar-refractivity contribution is -0.140. The van der Waals surface area contributed by atoms with Crippen molar-refractivity contribution >= 4 is 39.1 Å². The van der Waals surface area contributed by atoms with Gasteiger partial charge in [-0.05, 0) is 81.3 Å². The maximum absolute atomic E-state index is 14.1. The Morgan fingerprint density at radius 1 is 1.00 bits per heavy atom. The van der Waals surface area contributed by atoms with E-state index in [4.69, 9.17) is 16.3 Å². The number of nitrogens with one attached hydrogen (secondary N) is 1. The fourth-order valence-corrected chi connectivity index (χ4v) is 5.78. The normalized spacial score (nSPS) is 12.1. The van der Waals surface area contributed by atoms with Gasteiger partial charge in [-0.1, -0.05) is 48.4 Å². The first-order valence-corrected chi connectivity index (χ1v) is 14.9. The Hall–Kier alpha value is -3.56. The number of aryl methyl sites for hydroxylation is 1. The highest BCUT2D eigenvalue weighted by Crippen LogP contribution is 2.27. The molecule has 0 bridgehead atoms. The van der Waals surface area contributed by atoms with Crippen LogP contribution in [0.3, 0.4) is 0 Å². The number of sulfonamides is 1. The summed E-state index contributed by atoms with van der Waals surface area (Å²) in [5, 5.41) is 3.32.